The lowest BCUT2D eigenvalue weighted by Crippen LogP contribution is -2.44. The third-order valence-corrected chi connectivity index (χ3v) is 4.98. The second kappa shape index (κ2) is 5.62. The number of rotatable bonds is 2. The van der Waals surface area contributed by atoms with Gasteiger partial charge in [0.2, 0.25) is 5.91 Å². The molecule has 0 radical (unpaired) electrons. The van der Waals surface area contributed by atoms with Crippen LogP contribution >= 0.6 is 11.6 Å². The number of nitrogens with one attached hydrogen (secondary N) is 1. The van der Waals surface area contributed by atoms with E-state index in [4.69, 9.17) is 11.6 Å². The molecule has 1 amide bonds. The molecular weight excluding hydrogens is 284 g/mol. The van der Waals surface area contributed by atoms with Crippen LogP contribution in [0.15, 0.2) is 24.3 Å². The van der Waals surface area contributed by atoms with E-state index in [9.17, 15) is 4.79 Å². The van der Waals surface area contributed by atoms with Crippen molar-refractivity contribution in [3.63, 3.8) is 0 Å². The van der Waals surface area contributed by atoms with Crippen LogP contribution in [0, 0.1) is 5.41 Å². The minimum atomic E-state index is -0.0323. The lowest BCUT2D eigenvalue weighted by Gasteiger charge is -2.41. The van der Waals surface area contributed by atoms with Crippen LogP contribution in [-0.2, 0) is 4.79 Å². The van der Waals surface area contributed by atoms with E-state index in [0.29, 0.717) is 18.0 Å². The molecule has 1 aliphatic heterocycles. The number of benzene rings is 1. The third-order valence-electron chi connectivity index (χ3n) is 4.75. The van der Waals surface area contributed by atoms with Crippen LogP contribution in [0.25, 0.3) is 0 Å². The summed E-state index contributed by atoms with van der Waals surface area (Å²) in [4.78, 5) is 14.4. The van der Waals surface area contributed by atoms with Gasteiger partial charge in [0, 0.05) is 11.1 Å². The van der Waals surface area contributed by atoms with E-state index < -0.39 is 0 Å². The van der Waals surface area contributed by atoms with E-state index >= 15 is 0 Å². The number of amides is 1. The van der Waals surface area contributed by atoms with E-state index in [-0.39, 0.29) is 12.1 Å². The number of hydrogen-bond acceptors (Lipinski definition) is 2. The lowest BCUT2D eigenvalue weighted by atomic mass is 9.74. The summed E-state index contributed by atoms with van der Waals surface area (Å²) in [6.45, 7) is 5.04. The summed E-state index contributed by atoms with van der Waals surface area (Å²) >= 11 is 6.11. The maximum atomic E-state index is 12.4. The van der Waals surface area contributed by atoms with Gasteiger partial charge in [-0.15, -0.1) is 0 Å². The first-order valence-electron chi connectivity index (χ1n) is 7.76. The van der Waals surface area contributed by atoms with Gasteiger partial charge >= 0.3 is 0 Å². The van der Waals surface area contributed by atoms with Gasteiger partial charge in [-0.25, -0.2) is 0 Å². The van der Waals surface area contributed by atoms with Crippen LogP contribution in [0.4, 0.5) is 0 Å². The molecule has 2 unspecified atom stereocenters. The smallest absolute Gasteiger partial charge is 0.238 e. The van der Waals surface area contributed by atoms with Gasteiger partial charge in [0.25, 0.3) is 0 Å². The highest BCUT2D eigenvalue weighted by atomic mass is 35.5. The van der Waals surface area contributed by atoms with Crippen molar-refractivity contribution in [2.75, 3.05) is 6.54 Å². The molecule has 2 fully saturated rings. The molecule has 1 N–H and O–H groups in total. The molecule has 2 atom stereocenters. The molecule has 3 nitrogen and oxygen atoms in total. The van der Waals surface area contributed by atoms with Crippen molar-refractivity contribution in [3.05, 3.63) is 34.9 Å². The van der Waals surface area contributed by atoms with Gasteiger partial charge in [-0.1, -0.05) is 44.0 Å². The number of nitrogens with zero attached hydrogens (tertiary/aromatic N) is 1. The van der Waals surface area contributed by atoms with Gasteiger partial charge in [-0.3, -0.25) is 10.1 Å². The van der Waals surface area contributed by atoms with Crippen LogP contribution < -0.4 is 5.32 Å². The van der Waals surface area contributed by atoms with Crippen molar-refractivity contribution in [2.45, 2.75) is 51.7 Å². The van der Waals surface area contributed by atoms with Gasteiger partial charge in [0.05, 0.1) is 6.54 Å². The molecule has 114 valence electrons. The van der Waals surface area contributed by atoms with Crippen LogP contribution in [0.5, 0.6) is 0 Å². The zero-order chi connectivity index (χ0) is 15.0. The van der Waals surface area contributed by atoms with Crippen LogP contribution in [-0.4, -0.2) is 23.4 Å². The summed E-state index contributed by atoms with van der Waals surface area (Å²) < 4.78 is 0. The zero-order valence-corrected chi connectivity index (χ0v) is 13.5. The molecule has 0 spiro atoms. The molecule has 0 aromatic heterocycles. The van der Waals surface area contributed by atoms with Crippen molar-refractivity contribution in [1.29, 1.82) is 0 Å². The molecule has 2 aliphatic rings. The first-order chi connectivity index (χ1) is 9.96. The minimum Gasteiger partial charge on any atom is -0.319 e. The predicted molar refractivity (Wildman–Crippen MR) is 85.1 cm³/mol. The largest absolute Gasteiger partial charge is 0.319 e. The van der Waals surface area contributed by atoms with Crippen molar-refractivity contribution < 1.29 is 4.79 Å². The number of hydrogen-bond donors (Lipinski definition) is 1. The summed E-state index contributed by atoms with van der Waals surface area (Å²) in [5.74, 6) is 0.211. The highest BCUT2D eigenvalue weighted by molar-refractivity contribution is 6.30. The molecule has 1 saturated carbocycles. The van der Waals surface area contributed by atoms with E-state index in [2.05, 4.69) is 24.1 Å². The van der Waals surface area contributed by atoms with Crippen molar-refractivity contribution in [3.8, 4) is 0 Å². The van der Waals surface area contributed by atoms with Crippen molar-refractivity contribution >= 4 is 17.5 Å². The highest BCUT2D eigenvalue weighted by Crippen LogP contribution is 2.40. The van der Waals surface area contributed by atoms with E-state index in [1.54, 1.807) is 0 Å². The normalized spacial score (nSPS) is 28.9. The first kappa shape index (κ1) is 14.9. The number of halogens is 1. The van der Waals surface area contributed by atoms with Crippen molar-refractivity contribution in [2.24, 2.45) is 5.41 Å². The Morgan fingerprint density at radius 2 is 2.19 bits per heavy atom. The number of carbonyl (C=O) groups excluding carboxylic acids is 1. The molecule has 1 aromatic rings. The maximum Gasteiger partial charge on any atom is 0.238 e. The summed E-state index contributed by atoms with van der Waals surface area (Å²) in [5, 5.41) is 4.06. The first-order valence-corrected chi connectivity index (χ1v) is 8.14. The molecule has 0 bridgehead atoms. The molecule has 4 heteroatoms. The SMILES string of the molecule is CC1(C)CCCC(N2C(=O)CNC2c2cccc(Cl)c2)C1. The van der Waals surface area contributed by atoms with E-state index in [1.807, 2.05) is 24.3 Å². The van der Waals surface area contributed by atoms with Gasteiger partial charge in [0.1, 0.15) is 6.17 Å². The molecule has 21 heavy (non-hydrogen) atoms. The predicted octanol–water partition coefficient (Wildman–Crippen LogP) is 3.74. The van der Waals surface area contributed by atoms with Gasteiger partial charge in [-0.2, -0.15) is 0 Å². The summed E-state index contributed by atoms with van der Waals surface area (Å²) in [5.41, 5.74) is 1.40. The fraction of sp³-hybridized carbons (Fsp3) is 0.588. The molecular formula is C17H23ClN2O. The Kier molecular flexibility index (Phi) is 3.98. The quantitative estimate of drug-likeness (QED) is 0.903. The second-order valence-electron chi connectivity index (χ2n) is 7.05. The Morgan fingerprint density at radius 1 is 1.38 bits per heavy atom. The third kappa shape index (κ3) is 3.09. The summed E-state index contributed by atoms with van der Waals surface area (Å²) in [6.07, 6.45) is 4.60. The fourth-order valence-electron chi connectivity index (χ4n) is 3.78. The molecule has 3 rings (SSSR count). The molecule has 1 aromatic carbocycles. The zero-order valence-electron chi connectivity index (χ0n) is 12.7. The van der Waals surface area contributed by atoms with E-state index in [0.717, 1.165) is 23.4 Å². The Hall–Kier alpha value is -1.06. The molecule has 1 aliphatic carbocycles. The standard InChI is InChI=1S/C17H23ClN2O/c1-17(2)8-4-7-14(10-17)20-15(21)11-19-16(20)12-5-3-6-13(18)9-12/h3,5-6,9,14,16,19H,4,7-8,10-11H2,1-2H3. The van der Waals surface area contributed by atoms with Crippen molar-refractivity contribution in [1.82, 2.24) is 10.2 Å². The average Bonchev–Trinajstić information content (AvgIpc) is 2.79. The number of carbonyl (C=O) groups is 1. The highest BCUT2D eigenvalue weighted by Gasteiger charge is 2.40. The maximum absolute atomic E-state index is 12.4. The minimum absolute atomic E-state index is 0.0323. The van der Waals surface area contributed by atoms with Gasteiger partial charge < -0.3 is 4.90 Å². The van der Waals surface area contributed by atoms with Gasteiger partial charge in [-0.05, 0) is 42.4 Å². The summed E-state index contributed by atoms with van der Waals surface area (Å²) in [6, 6.07) is 8.16. The van der Waals surface area contributed by atoms with Crippen LogP contribution in [0.1, 0.15) is 51.3 Å². The summed E-state index contributed by atoms with van der Waals surface area (Å²) in [7, 11) is 0. The topological polar surface area (TPSA) is 32.3 Å². The molecule has 1 saturated heterocycles. The fourth-order valence-corrected chi connectivity index (χ4v) is 3.98. The Bertz CT molecular complexity index is 543. The van der Waals surface area contributed by atoms with Gasteiger partial charge in [0.15, 0.2) is 0 Å². The Morgan fingerprint density at radius 3 is 2.90 bits per heavy atom. The lowest BCUT2D eigenvalue weighted by molar-refractivity contribution is -0.131. The van der Waals surface area contributed by atoms with Crippen LogP contribution in [0.2, 0.25) is 5.02 Å². The van der Waals surface area contributed by atoms with Crippen LogP contribution in [0.3, 0.4) is 0 Å². The average molecular weight is 307 g/mol. The molecule has 1 heterocycles. The second-order valence-corrected chi connectivity index (χ2v) is 7.49. The van der Waals surface area contributed by atoms with E-state index in [1.165, 1.54) is 12.8 Å². The monoisotopic (exact) mass is 306 g/mol. The Balaban J connectivity index is 1.86. The Labute approximate surface area is 131 Å².